The Kier molecular flexibility index (Phi) is 7.52. The van der Waals surface area contributed by atoms with Gasteiger partial charge in [-0.15, -0.1) is 24.2 Å². The lowest BCUT2D eigenvalue weighted by atomic mass is 9.92. The first-order chi connectivity index (χ1) is 11.2. The summed E-state index contributed by atoms with van der Waals surface area (Å²) in [5.41, 5.74) is 5.89. The zero-order chi connectivity index (χ0) is 16.1. The smallest absolute Gasteiger partial charge is 0.221 e. The summed E-state index contributed by atoms with van der Waals surface area (Å²) in [7, 11) is 0. The van der Waals surface area contributed by atoms with Crippen molar-refractivity contribution in [3.63, 3.8) is 0 Å². The molecule has 1 aliphatic carbocycles. The average Bonchev–Trinajstić information content (AvgIpc) is 2.57. The first kappa shape index (κ1) is 19.2. The lowest BCUT2D eigenvalue weighted by Crippen LogP contribution is -2.40. The van der Waals surface area contributed by atoms with E-state index in [2.05, 4.69) is 5.32 Å². The van der Waals surface area contributed by atoms with Crippen molar-refractivity contribution < 1.29 is 14.3 Å². The molecule has 2 aliphatic rings. The van der Waals surface area contributed by atoms with Crippen molar-refractivity contribution in [1.82, 2.24) is 5.32 Å². The lowest BCUT2D eigenvalue weighted by Gasteiger charge is -2.26. The Morgan fingerprint density at radius 2 is 1.88 bits per heavy atom. The molecule has 0 atom stereocenters. The molecule has 3 rings (SSSR count). The van der Waals surface area contributed by atoms with E-state index >= 15 is 0 Å². The molecule has 0 radical (unpaired) electrons. The summed E-state index contributed by atoms with van der Waals surface area (Å²) in [6.45, 7) is 1.19. The Morgan fingerprint density at radius 3 is 2.62 bits per heavy atom. The Morgan fingerprint density at radius 1 is 1.17 bits per heavy atom. The first-order valence-corrected chi connectivity index (χ1v) is 9.26. The van der Waals surface area contributed by atoms with Gasteiger partial charge in [-0.3, -0.25) is 4.79 Å². The second kappa shape index (κ2) is 9.39. The molecular formula is C17H25ClN2O3S. The molecule has 1 heterocycles. The molecule has 134 valence electrons. The van der Waals surface area contributed by atoms with Crippen molar-refractivity contribution in [1.29, 1.82) is 0 Å². The lowest BCUT2D eigenvalue weighted by molar-refractivity contribution is -0.121. The molecule has 5 nitrogen and oxygen atoms in total. The number of nitrogens with one attached hydrogen (secondary N) is 1. The Bertz CT molecular complexity index is 551. The summed E-state index contributed by atoms with van der Waals surface area (Å²) in [6.07, 6.45) is 4.56. The average molecular weight is 373 g/mol. The van der Waals surface area contributed by atoms with E-state index in [-0.39, 0.29) is 18.3 Å². The van der Waals surface area contributed by atoms with Crippen LogP contribution in [-0.2, 0) is 4.79 Å². The maximum absolute atomic E-state index is 12.0. The van der Waals surface area contributed by atoms with Gasteiger partial charge in [-0.05, 0) is 43.9 Å². The van der Waals surface area contributed by atoms with Gasteiger partial charge in [0.15, 0.2) is 11.5 Å². The fraction of sp³-hybridized carbons (Fsp3) is 0.588. The minimum absolute atomic E-state index is 0. The van der Waals surface area contributed by atoms with Crippen molar-refractivity contribution >= 4 is 30.1 Å². The van der Waals surface area contributed by atoms with Crippen LogP contribution in [0, 0.1) is 0 Å². The summed E-state index contributed by atoms with van der Waals surface area (Å²) in [5.74, 6) is 2.49. The molecule has 1 saturated carbocycles. The summed E-state index contributed by atoms with van der Waals surface area (Å²) >= 11 is 1.67. The van der Waals surface area contributed by atoms with E-state index in [1.165, 1.54) is 0 Å². The van der Waals surface area contributed by atoms with Crippen LogP contribution < -0.4 is 20.5 Å². The van der Waals surface area contributed by atoms with Gasteiger partial charge in [0.1, 0.15) is 13.2 Å². The van der Waals surface area contributed by atoms with Crippen molar-refractivity contribution in [2.45, 2.75) is 49.1 Å². The number of hydrogen-bond donors (Lipinski definition) is 2. The maximum atomic E-state index is 12.0. The van der Waals surface area contributed by atoms with E-state index in [9.17, 15) is 4.79 Å². The van der Waals surface area contributed by atoms with E-state index in [0.29, 0.717) is 31.7 Å². The quantitative estimate of drug-likeness (QED) is 0.777. The predicted molar refractivity (Wildman–Crippen MR) is 98.4 cm³/mol. The Hall–Kier alpha value is -1.11. The largest absolute Gasteiger partial charge is 0.486 e. The number of nitrogens with two attached hydrogens (primary N) is 1. The molecule has 0 spiro atoms. The molecule has 1 fully saturated rings. The van der Waals surface area contributed by atoms with E-state index in [1.807, 2.05) is 18.2 Å². The fourth-order valence-corrected chi connectivity index (χ4v) is 3.82. The molecule has 0 bridgehead atoms. The minimum Gasteiger partial charge on any atom is -0.486 e. The second-order valence-electron chi connectivity index (χ2n) is 6.08. The molecule has 1 aliphatic heterocycles. The molecule has 7 heteroatoms. The van der Waals surface area contributed by atoms with Gasteiger partial charge in [-0.1, -0.05) is 0 Å². The third-order valence-corrected chi connectivity index (χ3v) is 5.24. The number of ether oxygens (including phenoxy) is 2. The van der Waals surface area contributed by atoms with Crippen LogP contribution in [0.25, 0.3) is 0 Å². The normalized spacial score (nSPS) is 22.4. The number of benzene rings is 1. The van der Waals surface area contributed by atoms with Crippen molar-refractivity contribution in [2.75, 3.05) is 19.0 Å². The van der Waals surface area contributed by atoms with Crippen LogP contribution in [0.4, 0.5) is 0 Å². The van der Waals surface area contributed by atoms with Crippen LogP contribution in [-0.4, -0.2) is 37.0 Å². The number of hydrogen-bond acceptors (Lipinski definition) is 5. The number of rotatable bonds is 5. The van der Waals surface area contributed by atoms with Gasteiger partial charge in [0.25, 0.3) is 0 Å². The Labute approximate surface area is 153 Å². The maximum Gasteiger partial charge on any atom is 0.221 e. The van der Waals surface area contributed by atoms with E-state index in [1.54, 1.807) is 11.8 Å². The number of halogens is 1. The number of thioether (sulfide) groups is 1. The zero-order valence-corrected chi connectivity index (χ0v) is 15.3. The van der Waals surface area contributed by atoms with Crippen molar-refractivity contribution in [3.8, 4) is 11.5 Å². The minimum atomic E-state index is 0. The monoisotopic (exact) mass is 372 g/mol. The third-order valence-electron chi connectivity index (χ3n) is 4.25. The predicted octanol–water partition coefficient (Wildman–Crippen LogP) is 2.75. The number of fused-ring (bicyclic) bond motifs is 1. The zero-order valence-electron chi connectivity index (χ0n) is 13.7. The van der Waals surface area contributed by atoms with Crippen molar-refractivity contribution in [2.24, 2.45) is 5.73 Å². The van der Waals surface area contributed by atoms with Gasteiger partial charge in [0.05, 0.1) is 0 Å². The van der Waals surface area contributed by atoms with Crippen LogP contribution in [0.1, 0.15) is 32.1 Å². The molecule has 3 N–H and O–H groups in total. The number of amides is 1. The standard InChI is InChI=1S/C17H24N2O3S.ClH/c18-12-1-3-13(4-2-12)19-17(20)7-10-23-14-5-6-15-16(11-14)22-9-8-21-15;/h5-6,11-13H,1-4,7-10,18H2,(H,19,20);1H. The summed E-state index contributed by atoms with van der Waals surface area (Å²) in [4.78, 5) is 13.1. The second-order valence-corrected chi connectivity index (χ2v) is 7.25. The van der Waals surface area contributed by atoms with Gasteiger partial charge < -0.3 is 20.5 Å². The van der Waals surface area contributed by atoms with Gasteiger partial charge >= 0.3 is 0 Å². The van der Waals surface area contributed by atoms with E-state index in [4.69, 9.17) is 15.2 Å². The Balaban J connectivity index is 0.00000208. The number of carbonyl (C=O) groups excluding carboxylic acids is 1. The van der Waals surface area contributed by atoms with Crippen molar-refractivity contribution in [3.05, 3.63) is 18.2 Å². The van der Waals surface area contributed by atoms with Crippen LogP contribution in [0.2, 0.25) is 0 Å². The van der Waals surface area contributed by atoms with Crippen LogP contribution in [0.15, 0.2) is 23.1 Å². The van der Waals surface area contributed by atoms with Crippen LogP contribution in [0.5, 0.6) is 11.5 Å². The highest BCUT2D eigenvalue weighted by Crippen LogP contribution is 2.34. The number of carbonyl (C=O) groups is 1. The highest BCUT2D eigenvalue weighted by atomic mass is 35.5. The van der Waals surface area contributed by atoms with E-state index < -0.39 is 0 Å². The third kappa shape index (κ3) is 5.46. The summed E-state index contributed by atoms with van der Waals surface area (Å²) < 4.78 is 11.1. The molecule has 1 amide bonds. The van der Waals surface area contributed by atoms with Gasteiger partial charge in [0.2, 0.25) is 5.91 Å². The highest BCUT2D eigenvalue weighted by molar-refractivity contribution is 7.99. The molecule has 24 heavy (non-hydrogen) atoms. The molecule has 1 aromatic carbocycles. The first-order valence-electron chi connectivity index (χ1n) is 8.28. The van der Waals surface area contributed by atoms with Crippen LogP contribution >= 0.6 is 24.2 Å². The van der Waals surface area contributed by atoms with Gasteiger partial charge in [0, 0.05) is 29.2 Å². The van der Waals surface area contributed by atoms with Gasteiger partial charge in [-0.25, -0.2) is 0 Å². The SMILES string of the molecule is Cl.NC1CCC(NC(=O)CCSc2ccc3c(c2)OCCO3)CC1. The topological polar surface area (TPSA) is 73.6 Å². The van der Waals surface area contributed by atoms with E-state index in [0.717, 1.165) is 47.8 Å². The molecule has 0 unspecified atom stereocenters. The van der Waals surface area contributed by atoms with Crippen LogP contribution in [0.3, 0.4) is 0 Å². The van der Waals surface area contributed by atoms with Gasteiger partial charge in [-0.2, -0.15) is 0 Å². The highest BCUT2D eigenvalue weighted by Gasteiger charge is 2.19. The molecular weight excluding hydrogens is 348 g/mol. The molecule has 1 aromatic rings. The molecule has 0 saturated heterocycles. The fourth-order valence-electron chi connectivity index (χ4n) is 2.94. The summed E-state index contributed by atoms with van der Waals surface area (Å²) in [5, 5.41) is 3.12. The molecule has 0 aromatic heterocycles. The summed E-state index contributed by atoms with van der Waals surface area (Å²) in [6, 6.07) is 6.55.